The second-order valence-corrected chi connectivity index (χ2v) is 6.94. The highest BCUT2D eigenvalue weighted by molar-refractivity contribution is 7.99. The van der Waals surface area contributed by atoms with Crippen molar-refractivity contribution in [3.8, 4) is 0 Å². The molecular formula is C17H19F2N5S. The van der Waals surface area contributed by atoms with Crippen molar-refractivity contribution in [2.45, 2.75) is 30.5 Å². The Morgan fingerprint density at radius 2 is 2.04 bits per heavy atom. The monoisotopic (exact) mass is 363 g/mol. The molecule has 132 valence electrons. The SMILES string of the molecule is CCSc1nc(NC)c(C=N)c(N[C@@H]2C[C@H]2c2ccc(F)c(F)c2)n1. The molecule has 2 atom stereocenters. The molecule has 0 saturated heterocycles. The van der Waals surface area contributed by atoms with Crippen LogP contribution in [0.2, 0.25) is 0 Å². The molecule has 5 nitrogen and oxygen atoms in total. The summed E-state index contributed by atoms with van der Waals surface area (Å²) in [4.78, 5) is 8.89. The molecule has 0 radical (unpaired) electrons. The van der Waals surface area contributed by atoms with Crippen molar-refractivity contribution >= 4 is 29.6 Å². The maximum Gasteiger partial charge on any atom is 0.191 e. The standard InChI is InChI=1S/C17H19F2N5S/c1-3-25-17-23-15(21-2)11(8-20)16(24-17)22-14-7-10(14)9-4-5-12(18)13(19)6-9/h4-6,8,10,14,20H,3,7H2,1-2H3,(H2,21,22,23,24)/t10-,14+/m0/s1. The molecule has 0 bridgehead atoms. The van der Waals surface area contributed by atoms with E-state index < -0.39 is 11.6 Å². The van der Waals surface area contributed by atoms with Crippen molar-refractivity contribution < 1.29 is 8.78 Å². The number of halogens is 2. The molecule has 1 aromatic carbocycles. The van der Waals surface area contributed by atoms with Crippen LogP contribution in [0.15, 0.2) is 23.4 Å². The van der Waals surface area contributed by atoms with Gasteiger partial charge in [0.05, 0.1) is 5.56 Å². The Labute approximate surface area is 149 Å². The van der Waals surface area contributed by atoms with E-state index in [0.717, 1.165) is 23.8 Å². The molecule has 3 rings (SSSR count). The quantitative estimate of drug-likeness (QED) is 0.396. The fourth-order valence-electron chi connectivity index (χ4n) is 2.72. The van der Waals surface area contributed by atoms with E-state index in [0.29, 0.717) is 22.4 Å². The molecule has 1 aliphatic rings. The first kappa shape index (κ1) is 17.6. The van der Waals surface area contributed by atoms with Crippen molar-refractivity contribution in [3.05, 3.63) is 41.0 Å². The third-order valence-corrected chi connectivity index (χ3v) is 4.79. The number of nitrogens with zero attached hydrogens (tertiary/aromatic N) is 2. The van der Waals surface area contributed by atoms with E-state index in [2.05, 4.69) is 20.6 Å². The zero-order chi connectivity index (χ0) is 18.0. The van der Waals surface area contributed by atoms with Gasteiger partial charge in [-0.2, -0.15) is 0 Å². The highest BCUT2D eigenvalue weighted by Gasteiger charge is 2.39. The van der Waals surface area contributed by atoms with Gasteiger partial charge >= 0.3 is 0 Å². The summed E-state index contributed by atoms with van der Waals surface area (Å²) in [5, 5.41) is 14.6. The molecule has 1 aliphatic carbocycles. The summed E-state index contributed by atoms with van der Waals surface area (Å²) in [5.41, 5.74) is 1.35. The van der Waals surface area contributed by atoms with E-state index in [1.165, 1.54) is 24.0 Å². The van der Waals surface area contributed by atoms with Crippen molar-refractivity contribution in [2.75, 3.05) is 23.4 Å². The lowest BCUT2D eigenvalue weighted by molar-refractivity contribution is 0.507. The van der Waals surface area contributed by atoms with E-state index in [4.69, 9.17) is 5.41 Å². The summed E-state index contributed by atoms with van der Waals surface area (Å²) in [7, 11) is 1.75. The highest BCUT2D eigenvalue weighted by atomic mass is 32.2. The Morgan fingerprint density at radius 3 is 2.68 bits per heavy atom. The highest BCUT2D eigenvalue weighted by Crippen LogP contribution is 2.43. The number of benzene rings is 1. The second-order valence-electron chi connectivity index (χ2n) is 5.71. The molecule has 25 heavy (non-hydrogen) atoms. The van der Waals surface area contributed by atoms with E-state index in [1.807, 2.05) is 6.92 Å². The summed E-state index contributed by atoms with van der Waals surface area (Å²) in [6, 6.07) is 4.08. The van der Waals surface area contributed by atoms with E-state index in [1.54, 1.807) is 13.1 Å². The number of hydrogen-bond acceptors (Lipinski definition) is 6. The van der Waals surface area contributed by atoms with Crippen LogP contribution in [0.1, 0.15) is 30.4 Å². The number of rotatable bonds is 7. The Balaban J connectivity index is 1.82. The first-order chi connectivity index (χ1) is 12.1. The lowest BCUT2D eigenvalue weighted by Crippen LogP contribution is -2.12. The van der Waals surface area contributed by atoms with Crippen molar-refractivity contribution in [1.29, 1.82) is 5.41 Å². The van der Waals surface area contributed by atoms with Crippen molar-refractivity contribution in [3.63, 3.8) is 0 Å². The fourth-order valence-corrected chi connectivity index (χ4v) is 3.29. The lowest BCUT2D eigenvalue weighted by atomic mass is 10.1. The minimum absolute atomic E-state index is 0.0719. The third kappa shape index (κ3) is 3.73. The summed E-state index contributed by atoms with van der Waals surface area (Å²) >= 11 is 1.52. The zero-order valence-corrected chi connectivity index (χ0v) is 14.8. The Morgan fingerprint density at radius 1 is 1.28 bits per heavy atom. The first-order valence-corrected chi connectivity index (χ1v) is 9.00. The largest absolute Gasteiger partial charge is 0.372 e. The average Bonchev–Trinajstić information content (AvgIpc) is 3.36. The first-order valence-electron chi connectivity index (χ1n) is 8.01. The third-order valence-electron chi connectivity index (χ3n) is 4.06. The Kier molecular flexibility index (Phi) is 5.17. The van der Waals surface area contributed by atoms with Crippen LogP contribution in [0.25, 0.3) is 0 Å². The van der Waals surface area contributed by atoms with Gasteiger partial charge in [0.2, 0.25) is 0 Å². The van der Waals surface area contributed by atoms with Gasteiger partial charge in [-0.15, -0.1) is 0 Å². The number of anilines is 2. The van der Waals surface area contributed by atoms with Crippen LogP contribution in [-0.2, 0) is 0 Å². The fraction of sp³-hybridized carbons (Fsp3) is 0.353. The molecule has 8 heteroatoms. The molecule has 0 aliphatic heterocycles. The molecule has 1 heterocycles. The lowest BCUT2D eigenvalue weighted by Gasteiger charge is -2.13. The molecule has 0 amide bonds. The Hall–Kier alpha value is -2.22. The predicted molar refractivity (Wildman–Crippen MR) is 97.0 cm³/mol. The van der Waals surface area contributed by atoms with Crippen molar-refractivity contribution in [2.24, 2.45) is 0 Å². The van der Waals surface area contributed by atoms with Gasteiger partial charge in [-0.25, -0.2) is 18.7 Å². The Bertz CT molecular complexity index is 799. The van der Waals surface area contributed by atoms with Gasteiger partial charge in [0.25, 0.3) is 0 Å². The molecule has 0 spiro atoms. The minimum Gasteiger partial charge on any atom is -0.372 e. The predicted octanol–water partition coefficient (Wildman–Crippen LogP) is 3.87. The van der Waals surface area contributed by atoms with E-state index in [9.17, 15) is 8.78 Å². The maximum atomic E-state index is 13.4. The molecule has 1 fully saturated rings. The average molecular weight is 363 g/mol. The number of thioether (sulfide) groups is 1. The molecular weight excluding hydrogens is 344 g/mol. The number of nitrogens with one attached hydrogen (secondary N) is 3. The van der Waals surface area contributed by atoms with Crippen LogP contribution >= 0.6 is 11.8 Å². The molecule has 2 aromatic rings. The van der Waals surface area contributed by atoms with Crippen molar-refractivity contribution in [1.82, 2.24) is 9.97 Å². The van der Waals surface area contributed by atoms with Gasteiger partial charge in [0.1, 0.15) is 11.6 Å². The van der Waals surface area contributed by atoms with Gasteiger partial charge in [0.15, 0.2) is 16.8 Å². The zero-order valence-electron chi connectivity index (χ0n) is 13.9. The second kappa shape index (κ2) is 7.35. The summed E-state index contributed by atoms with van der Waals surface area (Å²) in [5.74, 6) is 0.450. The molecule has 0 unspecified atom stereocenters. The number of aromatic nitrogens is 2. The van der Waals surface area contributed by atoms with Gasteiger partial charge < -0.3 is 16.0 Å². The topological polar surface area (TPSA) is 73.7 Å². The summed E-state index contributed by atoms with van der Waals surface area (Å²) < 4.78 is 26.5. The van der Waals surface area contributed by atoms with Crippen LogP contribution in [-0.4, -0.2) is 35.0 Å². The van der Waals surface area contributed by atoms with Gasteiger partial charge in [-0.1, -0.05) is 24.8 Å². The molecule has 1 saturated carbocycles. The maximum absolute atomic E-state index is 13.4. The van der Waals surface area contributed by atoms with Gasteiger partial charge in [0, 0.05) is 25.2 Å². The summed E-state index contributed by atoms with van der Waals surface area (Å²) in [6.45, 7) is 2.02. The summed E-state index contributed by atoms with van der Waals surface area (Å²) in [6.07, 6.45) is 2.02. The van der Waals surface area contributed by atoms with E-state index >= 15 is 0 Å². The van der Waals surface area contributed by atoms with E-state index in [-0.39, 0.29) is 12.0 Å². The molecule has 1 aromatic heterocycles. The van der Waals surface area contributed by atoms with Crippen LogP contribution in [0, 0.1) is 17.0 Å². The van der Waals surface area contributed by atoms with Crippen LogP contribution in [0.3, 0.4) is 0 Å². The normalized spacial score (nSPS) is 18.7. The molecule has 3 N–H and O–H groups in total. The van der Waals surface area contributed by atoms with Crippen LogP contribution in [0.5, 0.6) is 0 Å². The smallest absolute Gasteiger partial charge is 0.191 e. The van der Waals surface area contributed by atoms with Crippen LogP contribution < -0.4 is 10.6 Å². The van der Waals surface area contributed by atoms with Crippen LogP contribution in [0.4, 0.5) is 20.4 Å². The minimum atomic E-state index is -0.837. The van der Waals surface area contributed by atoms with Gasteiger partial charge in [-0.3, -0.25) is 0 Å². The van der Waals surface area contributed by atoms with Gasteiger partial charge in [-0.05, 0) is 29.9 Å². The number of hydrogen-bond donors (Lipinski definition) is 3.